The van der Waals surface area contributed by atoms with E-state index < -0.39 is 4.92 Å². The van der Waals surface area contributed by atoms with Crippen molar-refractivity contribution in [2.75, 3.05) is 30.3 Å². The summed E-state index contributed by atoms with van der Waals surface area (Å²) < 4.78 is 0. The number of aromatic nitrogens is 1. The largest absolute Gasteiger partial charge is 0.396 e. The molecule has 1 unspecified atom stereocenters. The minimum absolute atomic E-state index is 0.0117. The summed E-state index contributed by atoms with van der Waals surface area (Å²) in [7, 11) is 0. The lowest BCUT2D eigenvalue weighted by Gasteiger charge is -2.16. The van der Waals surface area contributed by atoms with Crippen LogP contribution in [0, 0.1) is 16.0 Å². The topological polar surface area (TPSA) is 100 Å². The van der Waals surface area contributed by atoms with Crippen molar-refractivity contribution in [2.45, 2.75) is 33.1 Å². The number of nitro groups is 1. The van der Waals surface area contributed by atoms with Gasteiger partial charge in [-0.2, -0.15) is 0 Å². The van der Waals surface area contributed by atoms with Crippen LogP contribution in [0.15, 0.2) is 12.1 Å². The van der Waals surface area contributed by atoms with Crippen molar-refractivity contribution < 1.29 is 10.0 Å². The predicted molar refractivity (Wildman–Crippen MR) is 83.6 cm³/mol. The fraction of sp³-hybridized carbons (Fsp3) is 0.643. The Kier molecular flexibility index (Phi) is 7.45. The Bertz CT molecular complexity index is 448. The van der Waals surface area contributed by atoms with E-state index in [0.29, 0.717) is 30.6 Å². The summed E-state index contributed by atoms with van der Waals surface area (Å²) in [6.07, 6.45) is 2.76. The number of pyridine rings is 1. The summed E-state index contributed by atoms with van der Waals surface area (Å²) in [6, 6.07) is 2.86. The van der Waals surface area contributed by atoms with Gasteiger partial charge in [-0.05, 0) is 25.7 Å². The van der Waals surface area contributed by atoms with E-state index >= 15 is 0 Å². The number of hydrogen-bond donors (Lipinski definition) is 3. The molecule has 1 aromatic heterocycles. The molecule has 1 rings (SSSR count). The fourth-order valence-electron chi connectivity index (χ4n) is 2.17. The lowest BCUT2D eigenvalue weighted by atomic mass is 10.0. The first-order valence-electron chi connectivity index (χ1n) is 7.35. The third kappa shape index (κ3) is 5.95. The highest BCUT2D eigenvalue weighted by atomic mass is 16.6. The first-order chi connectivity index (χ1) is 10.1. The van der Waals surface area contributed by atoms with Crippen molar-refractivity contribution in [1.29, 1.82) is 0 Å². The van der Waals surface area contributed by atoms with E-state index in [2.05, 4.69) is 22.5 Å². The maximum atomic E-state index is 10.9. The van der Waals surface area contributed by atoms with E-state index in [0.717, 1.165) is 19.3 Å². The van der Waals surface area contributed by atoms with Gasteiger partial charge in [-0.15, -0.1) is 0 Å². The minimum atomic E-state index is -0.426. The van der Waals surface area contributed by atoms with Crippen LogP contribution in [0.4, 0.5) is 17.3 Å². The second-order valence-corrected chi connectivity index (χ2v) is 4.93. The van der Waals surface area contributed by atoms with E-state index in [4.69, 9.17) is 5.11 Å². The SMILES string of the molecule is CCCC(CCO)CNc1cc([N+](=O)[O-])cc(NCC)n1. The number of anilines is 2. The van der Waals surface area contributed by atoms with Crippen LogP contribution in [0.1, 0.15) is 33.1 Å². The Labute approximate surface area is 124 Å². The highest BCUT2D eigenvalue weighted by molar-refractivity contribution is 5.54. The highest BCUT2D eigenvalue weighted by Crippen LogP contribution is 2.21. The van der Waals surface area contributed by atoms with E-state index in [1.807, 2.05) is 6.92 Å². The molecule has 1 atom stereocenters. The summed E-state index contributed by atoms with van der Waals surface area (Å²) in [5.41, 5.74) is 0.0117. The van der Waals surface area contributed by atoms with Crippen LogP contribution in [0.3, 0.4) is 0 Å². The summed E-state index contributed by atoms with van der Waals surface area (Å²) in [6.45, 7) is 5.45. The maximum Gasteiger partial charge on any atom is 0.276 e. The molecule has 0 spiro atoms. The lowest BCUT2D eigenvalue weighted by molar-refractivity contribution is -0.384. The molecule has 0 fully saturated rings. The van der Waals surface area contributed by atoms with Gasteiger partial charge in [-0.1, -0.05) is 13.3 Å². The molecule has 118 valence electrons. The average molecular weight is 296 g/mol. The van der Waals surface area contributed by atoms with Gasteiger partial charge in [0.2, 0.25) is 0 Å². The van der Waals surface area contributed by atoms with Gasteiger partial charge in [0.25, 0.3) is 5.69 Å². The zero-order chi connectivity index (χ0) is 15.7. The Hall–Kier alpha value is -1.89. The van der Waals surface area contributed by atoms with Crippen LogP contribution in [0.2, 0.25) is 0 Å². The van der Waals surface area contributed by atoms with Gasteiger partial charge in [0, 0.05) is 19.7 Å². The molecule has 1 heterocycles. The van der Waals surface area contributed by atoms with Gasteiger partial charge < -0.3 is 15.7 Å². The fourth-order valence-corrected chi connectivity index (χ4v) is 2.17. The van der Waals surface area contributed by atoms with Gasteiger partial charge in [0.1, 0.15) is 11.6 Å². The summed E-state index contributed by atoms with van der Waals surface area (Å²) in [5, 5.41) is 26.1. The van der Waals surface area contributed by atoms with E-state index in [9.17, 15) is 10.1 Å². The van der Waals surface area contributed by atoms with E-state index in [1.165, 1.54) is 12.1 Å². The van der Waals surface area contributed by atoms with Crippen molar-refractivity contribution in [3.05, 3.63) is 22.2 Å². The average Bonchev–Trinajstić information content (AvgIpc) is 2.45. The quantitative estimate of drug-likeness (QED) is 0.453. The second-order valence-electron chi connectivity index (χ2n) is 4.93. The Morgan fingerprint density at radius 1 is 1.29 bits per heavy atom. The molecule has 21 heavy (non-hydrogen) atoms. The second kappa shape index (κ2) is 9.12. The summed E-state index contributed by atoms with van der Waals surface area (Å²) in [4.78, 5) is 14.8. The molecule has 0 bridgehead atoms. The molecule has 7 heteroatoms. The van der Waals surface area contributed by atoms with E-state index in [-0.39, 0.29) is 12.3 Å². The number of nitrogens with one attached hydrogen (secondary N) is 2. The van der Waals surface area contributed by atoms with Gasteiger partial charge in [-0.25, -0.2) is 4.98 Å². The number of aliphatic hydroxyl groups is 1. The lowest BCUT2D eigenvalue weighted by Crippen LogP contribution is -2.16. The minimum Gasteiger partial charge on any atom is -0.396 e. The molecule has 0 aliphatic rings. The predicted octanol–water partition coefficient (Wildman–Crippen LogP) is 2.63. The molecule has 0 saturated carbocycles. The zero-order valence-corrected chi connectivity index (χ0v) is 12.6. The van der Waals surface area contributed by atoms with Crippen molar-refractivity contribution >= 4 is 17.3 Å². The standard InChI is InChI=1S/C14H24N4O3/c1-3-5-11(6-7-19)10-16-14-9-12(18(20)21)8-13(17-14)15-4-2/h8-9,11,19H,3-7,10H2,1-2H3,(H2,15,16,17). The molecule has 0 saturated heterocycles. The highest BCUT2D eigenvalue weighted by Gasteiger charge is 2.12. The number of rotatable bonds is 10. The normalized spacial score (nSPS) is 12.0. The van der Waals surface area contributed by atoms with Gasteiger partial charge >= 0.3 is 0 Å². The first-order valence-corrected chi connectivity index (χ1v) is 7.35. The van der Waals surface area contributed by atoms with Crippen LogP contribution in [-0.4, -0.2) is 34.7 Å². The van der Waals surface area contributed by atoms with Crippen LogP contribution < -0.4 is 10.6 Å². The number of aliphatic hydroxyl groups excluding tert-OH is 1. The Morgan fingerprint density at radius 3 is 2.48 bits per heavy atom. The third-order valence-corrected chi connectivity index (χ3v) is 3.18. The van der Waals surface area contributed by atoms with Crippen LogP contribution in [0.5, 0.6) is 0 Å². The molecule has 3 N–H and O–H groups in total. The molecule has 7 nitrogen and oxygen atoms in total. The van der Waals surface area contributed by atoms with Crippen molar-refractivity contribution in [2.24, 2.45) is 5.92 Å². The monoisotopic (exact) mass is 296 g/mol. The van der Waals surface area contributed by atoms with Crippen LogP contribution >= 0.6 is 0 Å². The van der Waals surface area contributed by atoms with Crippen molar-refractivity contribution in [3.8, 4) is 0 Å². The Morgan fingerprint density at radius 2 is 1.95 bits per heavy atom. The van der Waals surface area contributed by atoms with Crippen molar-refractivity contribution in [3.63, 3.8) is 0 Å². The number of nitrogens with zero attached hydrogens (tertiary/aromatic N) is 2. The smallest absolute Gasteiger partial charge is 0.276 e. The van der Waals surface area contributed by atoms with Crippen LogP contribution in [-0.2, 0) is 0 Å². The van der Waals surface area contributed by atoms with Crippen LogP contribution in [0.25, 0.3) is 0 Å². The zero-order valence-electron chi connectivity index (χ0n) is 12.6. The van der Waals surface area contributed by atoms with Gasteiger partial charge in [0.05, 0.1) is 17.1 Å². The Balaban J connectivity index is 2.78. The van der Waals surface area contributed by atoms with Gasteiger partial charge in [-0.3, -0.25) is 10.1 Å². The molecular formula is C14H24N4O3. The molecule has 0 aliphatic carbocycles. The summed E-state index contributed by atoms with van der Waals surface area (Å²) in [5.74, 6) is 1.31. The molecule has 0 aromatic carbocycles. The van der Waals surface area contributed by atoms with Crippen molar-refractivity contribution in [1.82, 2.24) is 4.98 Å². The maximum absolute atomic E-state index is 10.9. The molecule has 0 radical (unpaired) electrons. The molecule has 1 aromatic rings. The first kappa shape index (κ1) is 17.2. The molecule has 0 amide bonds. The molecule has 0 aliphatic heterocycles. The number of hydrogen-bond acceptors (Lipinski definition) is 6. The third-order valence-electron chi connectivity index (χ3n) is 3.18. The van der Waals surface area contributed by atoms with E-state index in [1.54, 1.807) is 0 Å². The van der Waals surface area contributed by atoms with Gasteiger partial charge in [0.15, 0.2) is 0 Å². The molecular weight excluding hydrogens is 272 g/mol. The summed E-state index contributed by atoms with van der Waals surface area (Å²) >= 11 is 0.